The average molecular weight is 285 g/mol. The fourth-order valence-corrected chi connectivity index (χ4v) is 2.00. The lowest BCUT2D eigenvalue weighted by Gasteiger charge is -2.11. The summed E-state index contributed by atoms with van der Waals surface area (Å²) in [5, 5.41) is 0. The Bertz CT molecular complexity index is 584. The van der Waals surface area contributed by atoms with Crippen LogP contribution in [0, 0.1) is 0 Å². The summed E-state index contributed by atoms with van der Waals surface area (Å²) in [4.78, 5) is 11.4. The van der Waals surface area contributed by atoms with E-state index in [4.69, 9.17) is 10.5 Å². The molecular weight excluding hydrogens is 266 g/mol. The molecule has 0 bridgehead atoms. The molecule has 4 heteroatoms. The van der Waals surface area contributed by atoms with Crippen molar-refractivity contribution in [2.75, 3.05) is 7.11 Å². The van der Waals surface area contributed by atoms with Crippen molar-refractivity contribution >= 4 is 5.97 Å². The SMILES string of the molecule is COC(=O)C(N)c1cccc(COCc2ccccc2)c1. The maximum absolute atomic E-state index is 11.4. The van der Waals surface area contributed by atoms with E-state index in [1.165, 1.54) is 7.11 Å². The standard InChI is InChI=1S/C17H19NO3/c1-20-17(19)16(18)15-9-5-8-14(10-15)12-21-11-13-6-3-2-4-7-13/h2-10,16H,11-12,18H2,1H3. The summed E-state index contributed by atoms with van der Waals surface area (Å²) in [5.41, 5.74) is 8.65. The highest BCUT2D eigenvalue weighted by Gasteiger charge is 2.16. The second kappa shape index (κ2) is 7.57. The zero-order chi connectivity index (χ0) is 15.1. The van der Waals surface area contributed by atoms with Gasteiger partial charge in [-0.15, -0.1) is 0 Å². The summed E-state index contributed by atoms with van der Waals surface area (Å²) in [5.74, 6) is -0.447. The van der Waals surface area contributed by atoms with Crippen molar-refractivity contribution < 1.29 is 14.3 Å². The van der Waals surface area contributed by atoms with Gasteiger partial charge in [0.05, 0.1) is 20.3 Å². The van der Waals surface area contributed by atoms with E-state index in [0.29, 0.717) is 13.2 Å². The second-order valence-electron chi connectivity index (χ2n) is 4.72. The first kappa shape index (κ1) is 15.2. The molecule has 0 aliphatic rings. The van der Waals surface area contributed by atoms with Gasteiger partial charge in [0.1, 0.15) is 6.04 Å². The lowest BCUT2D eigenvalue weighted by atomic mass is 10.1. The molecule has 0 aromatic heterocycles. The highest BCUT2D eigenvalue weighted by atomic mass is 16.5. The Balaban J connectivity index is 1.93. The van der Waals surface area contributed by atoms with Crippen LogP contribution in [0.15, 0.2) is 54.6 Å². The van der Waals surface area contributed by atoms with Crippen molar-refractivity contribution in [2.45, 2.75) is 19.3 Å². The van der Waals surface area contributed by atoms with E-state index in [0.717, 1.165) is 16.7 Å². The summed E-state index contributed by atoms with van der Waals surface area (Å²) in [6, 6.07) is 16.7. The third-order valence-electron chi connectivity index (χ3n) is 3.15. The van der Waals surface area contributed by atoms with E-state index in [-0.39, 0.29) is 0 Å². The molecule has 110 valence electrons. The van der Waals surface area contributed by atoms with Crippen LogP contribution in [0.3, 0.4) is 0 Å². The molecule has 21 heavy (non-hydrogen) atoms. The van der Waals surface area contributed by atoms with Gasteiger partial charge < -0.3 is 15.2 Å². The van der Waals surface area contributed by atoms with Gasteiger partial charge in [-0.3, -0.25) is 4.79 Å². The molecule has 0 amide bonds. The van der Waals surface area contributed by atoms with Gasteiger partial charge in [-0.1, -0.05) is 54.6 Å². The molecular formula is C17H19NO3. The molecule has 1 atom stereocenters. The maximum atomic E-state index is 11.4. The fourth-order valence-electron chi connectivity index (χ4n) is 2.00. The molecule has 1 unspecified atom stereocenters. The van der Waals surface area contributed by atoms with E-state index in [1.54, 1.807) is 0 Å². The smallest absolute Gasteiger partial charge is 0.327 e. The Labute approximate surface area is 124 Å². The predicted molar refractivity (Wildman–Crippen MR) is 80.3 cm³/mol. The minimum Gasteiger partial charge on any atom is -0.468 e. The molecule has 0 radical (unpaired) electrons. The van der Waals surface area contributed by atoms with Crippen LogP contribution < -0.4 is 5.73 Å². The van der Waals surface area contributed by atoms with Crippen LogP contribution in [0.25, 0.3) is 0 Å². The summed E-state index contributed by atoms with van der Waals surface area (Å²) < 4.78 is 10.3. The van der Waals surface area contributed by atoms with Crippen molar-refractivity contribution in [3.05, 3.63) is 71.3 Å². The van der Waals surface area contributed by atoms with Gasteiger partial charge in [-0.2, -0.15) is 0 Å². The van der Waals surface area contributed by atoms with E-state index in [1.807, 2.05) is 54.6 Å². The number of esters is 1. The second-order valence-corrected chi connectivity index (χ2v) is 4.72. The molecule has 4 nitrogen and oxygen atoms in total. The lowest BCUT2D eigenvalue weighted by molar-refractivity contribution is -0.142. The molecule has 2 aromatic carbocycles. The summed E-state index contributed by atoms with van der Waals surface area (Å²) in [6.45, 7) is 1.02. The van der Waals surface area contributed by atoms with E-state index in [2.05, 4.69) is 4.74 Å². The molecule has 0 aliphatic carbocycles. The minimum atomic E-state index is -0.760. The Morgan fingerprint density at radius 3 is 2.43 bits per heavy atom. The fraction of sp³-hybridized carbons (Fsp3) is 0.235. The van der Waals surface area contributed by atoms with Crippen LogP contribution in [0.1, 0.15) is 22.7 Å². The Morgan fingerprint density at radius 1 is 1.05 bits per heavy atom. The first-order valence-corrected chi connectivity index (χ1v) is 6.74. The number of methoxy groups -OCH3 is 1. The molecule has 0 fully saturated rings. The molecule has 0 heterocycles. The summed E-state index contributed by atoms with van der Waals surface area (Å²) in [7, 11) is 1.33. The zero-order valence-corrected chi connectivity index (χ0v) is 12.0. The number of carbonyl (C=O) groups is 1. The van der Waals surface area contributed by atoms with Crippen molar-refractivity contribution in [3.63, 3.8) is 0 Å². The molecule has 0 aliphatic heterocycles. The van der Waals surface area contributed by atoms with Crippen molar-refractivity contribution in [1.82, 2.24) is 0 Å². The highest BCUT2D eigenvalue weighted by molar-refractivity contribution is 5.77. The maximum Gasteiger partial charge on any atom is 0.327 e. The number of benzene rings is 2. The Kier molecular flexibility index (Phi) is 5.49. The van der Waals surface area contributed by atoms with Gasteiger partial charge in [0.25, 0.3) is 0 Å². The van der Waals surface area contributed by atoms with E-state index < -0.39 is 12.0 Å². The quantitative estimate of drug-likeness (QED) is 0.829. The van der Waals surface area contributed by atoms with Crippen LogP contribution in [0.2, 0.25) is 0 Å². The lowest BCUT2D eigenvalue weighted by Crippen LogP contribution is -2.22. The first-order chi connectivity index (χ1) is 10.2. The normalized spacial score (nSPS) is 11.9. The number of ether oxygens (including phenoxy) is 2. The molecule has 0 saturated carbocycles. The number of hydrogen-bond acceptors (Lipinski definition) is 4. The van der Waals surface area contributed by atoms with Gasteiger partial charge in [-0.05, 0) is 16.7 Å². The van der Waals surface area contributed by atoms with Gasteiger partial charge >= 0.3 is 5.97 Å². The number of rotatable bonds is 6. The number of nitrogens with two attached hydrogens (primary N) is 1. The van der Waals surface area contributed by atoms with E-state index in [9.17, 15) is 4.79 Å². The van der Waals surface area contributed by atoms with E-state index >= 15 is 0 Å². The average Bonchev–Trinajstić information content (AvgIpc) is 2.54. The van der Waals surface area contributed by atoms with Gasteiger partial charge in [0.15, 0.2) is 0 Å². The summed E-state index contributed by atoms with van der Waals surface area (Å²) in [6.07, 6.45) is 0. The van der Waals surface area contributed by atoms with Gasteiger partial charge in [-0.25, -0.2) is 0 Å². The summed E-state index contributed by atoms with van der Waals surface area (Å²) >= 11 is 0. The van der Waals surface area contributed by atoms with Crippen molar-refractivity contribution in [3.8, 4) is 0 Å². The first-order valence-electron chi connectivity index (χ1n) is 6.74. The molecule has 0 spiro atoms. The van der Waals surface area contributed by atoms with Crippen LogP contribution in [-0.2, 0) is 27.5 Å². The molecule has 0 saturated heterocycles. The number of hydrogen-bond donors (Lipinski definition) is 1. The van der Waals surface area contributed by atoms with Crippen LogP contribution in [0.5, 0.6) is 0 Å². The highest BCUT2D eigenvalue weighted by Crippen LogP contribution is 2.15. The van der Waals surface area contributed by atoms with Gasteiger partial charge in [0, 0.05) is 0 Å². The molecule has 2 N–H and O–H groups in total. The van der Waals surface area contributed by atoms with Crippen molar-refractivity contribution in [2.24, 2.45) is 5.73 Å². The monoisotopic (exact) mass is 285 g/mol. The van der Waals surface area contributed by atoms with Crippen LogP contribution >= 0.6 is 0 Å². The van der Waals surface area contributed by atoms with Crippen LogP contribution in [-0.4, -0.2) is 13.1 Å². The topological polar surface area (TPSA) is 61.5 Å². The van der Waals surface area contributed by atoms with Gasteiger partial charge in [0.2, 0.25) is 0 Å². The van der Waals surface area contributed by atoms with Crippen molar-refractivity contribution in [1.29, 1.82) is 0 Å². The minimum absolute atomic E-state index is 0.447. The Morgan fingerprint density at radius 2 is 1.71 bits per heavy atom. The largest absolute Gasteiger partial charge is 0.468 e. The molecule has 2 rings (SSSR count). The predicted octanol–water partition coefficient (Wildman–Crippen LogP) is 2.58. The third-order valence-corrected chi connectivity index (χ3v) is 3.15. The molecule has 2 aromatic rings. The Hall–Kier alpha value is -2.17. The number of carbonyl (C=O) groups excluding carboxylic acids is 1. The van der Waals surface area contributed by atoms with Crippen LogP contribution in [0.4, 0.5) is 0 Å². The third kappa shape index (κ3) is 4.41. The zero-order valence-electron chi connectivity index (χ0n) is 12.0.